The third kappa shape index (κ3) is 5.97. The van der Waals surface area contributed by atoms with Crippen LogP contribution in [0.5, 0.6) is 0 Å². The number of anilines is 2. The highest BCUT2D eigenvalue weighted by Gasteiger charge is 2.24. The topological polar surface area (TPSA) is 79.0 Å². The minimum absolute atomic E-state index is 0.0295. The molecule has 3 aromatic rings. The molecule has 180 valence electrons. The molecule has 0 spiro atoms. The Morgan fingerprint density at radius 1 is 1.09 bits per heavy atom. The van der Waals surface area contributed by atoms with E-state index < -0.39 is 10.0 Å². The van der Waals surface area contributed by atoms with Gasteiger partial charge in [-0.25, -0.2) is 8.42 Å². The molecule has 2 aromatic carbocycles. The number of carbonyl (C=O) groups excluding carboxylic acids is 1. The number of hydrogen-bond acceptors (Lipinski definition) is 6. The van der Waals surface area contributed by atoms with Crippen molar-refractivity contribution >= 4 is 38.6 Å². The Morgan fingerprint density at radius 3 is 2.41 bits per heavy atom. The van der Waals surface area contributed by atoms with Gasteiger partial charge in [-0.1, -0.05) is 18.2 Å². The summed E-state index contributed by atoms with van der Waals surface area (Å²) in [6.45, 7) is 1.71. The van der Waals surface area contributed by atoms with Crippen LogP contribution in [0.25, 0.3) is 0 Å². The van der Waals surface area contributed by atoms with E-state index in [0.29, 0.717) is 24.3 Å². The molecule has 1 aliphatic rings. The van der Waals surface area contributed by atoms with E-state index in [1.807, 2.05) is 48.2 Å². The van der Waals surface area contributed by atoms with Gasteiger partial charge < -0.3 is 14.5 Å². The molecule has 0 radical (unpaired) electrons. The number of nitrogens with one attached hydrogen (secondary N) is 1. The van der Waals surface area contributed by atoms with Crippen molar-refractivity contribution in [1.29, 1.82) is 0 Å². The Balaban J connectivity index is 1.49. The minimum atomic E-state index is -3.63. The lowest BCUT2D eigenvalue weighted by Crippen LogP contribution is -2.37. The van der Waals surface area contributed by atoms with Gasteiger partial charge in [-0.05, 0) is 66.2 Å². The molecular weight excluding hydrogens is 470 g/mol. The van der Waals surface area contributed by atoms with Gasteiger partial charge >= 0.3 is 0 Å². The SMILES string of the molecule is CN(C)c1ccc(CN(CC2CCCO2)C(=O)c2ccc(NS(=O)(=O)c3cccs3)cc2)cc1. The number of thiophene rings is 1. The molecule has 1 fully saturated rings. The zero-order valence-corrected chi connectivity index (χ0v) is 20.9. The maximum absolute atomic E-state index is 13.4. The molecule has 1 amide bonds. The van der Waals surface area contributed by atoms with Crippen LogP contribution in [-0.2, 0) is 21.3 Å². The molecule has 1 atom stereocenters. The van der Waals surface area contributed by atoms with E-state index in [1.165, 1.54) is 0 Å². The molecule has 1 N–H and O–H groups in total. The first-order chi connectivity index (χ1) is 16.3. The Labute approximate surface area is 205 Å². The molecule has 1 aromatic heterocycles. The summed E-state index contributed by atoms with van der Waals surface area (Å²) < 4.78 is 33.5. The zero-order chi connectivity index (χ0) is 24.1. The second kappa shape index (κ2) is 10.6. The summed E-state index contributed by atoms with van der Waals surface area (Å²) in [5, 5.41) is 1.72. The van der Waals surface area contributed by atoms with Crippen molar-refractivity contribution < 1.29 is 17.9 Å². The van der Waals surface area contributed by atoms with E-state index in [9.17, 15) is 13.2 Å². The van der Waals surface area contributed by atoms with Crippen LogP contribution < -0.4 is 9.62 Å². The van der Waals surface area contributed by atoms with Gasteiger partial charge in [0.1, 0.15) is 4.21 Å². The molecule has 34 heavy (non-hydrogen) atoms. The zero-order valence-electron chi connectivity index (χ0n) is 19.3. The third-order valence-corrected chi connectivity index (χ3v) is 8.48. The van der Waals surface area contributed by atoms with Crippen molar-refractivity contribution in [2.75, 3.05) is 36.9 Å². The third-order valence-electron chi connectivity index (χ3n) is 5.71. The van der Waals surface area contributed by atoms with Crippen LogP contribution in [0.3, 0.4) is 0 Å². The standard InChI is InChI=1S/C25H29N3O4S2/c1-27(2)22-13-7-19(8-14-22)17-28(18-23-5-3-15-32-23)25(29)20-9-11-21(12-10-20)26-34(30,31)24-6-4-16-33-24/h4,6-14,16,23,26H,3,5,15,17-18H2,1-2H3. The monoisotopic (exact) mass is 499 g/mol. The van der Waals surface area contributed by atoms with Crippen molar-refractivity contribution in [2.45, 2.75) is 29.7 Å². The van der Waals surface area contributed by atoms with E-state index >= 15 is 0 Å². The molecule has 9 heteroatoms. The highest BCUT2D eigenvalue weighted by molar-refractivity contribution is 7.94. The van der Waals surface area contributed by atoms with Crippen LogP contribution >= 0.6 is 11.3 Å². The maximum atomic E-state index is 13.4. The predicted molar refractivity (Wildman–Crippen MR) is 136 cm³/mol. The van der Waals surface area contributed by atoms with Gasteiger partial charge in [0.2, 0.25) is 0 Å². The Morgan fingerprint density at radius 2 is 1.82 bits per heavy atom. The summed E-state index contributed by atoms with van der Waals surface area (Å²) in [5.74, 6) is -0.111. The van der Waals surface area contributed by atoms with E-state index in [1.54, 1.807) is 41.8 Å². The number of rotatable bonds is 9. The molecule has 2 heterocycles. The summed E-state index contributed by atoms with van der Waals surface area (Å²) in [7, 11) is 0.353. The molecule has 7 nitrogen and oxygen atoms in total. The molecule has 1 aliphatic heterocycles. The largest absolute Gasteiger partial charge is 0.378 e. The van der Waals surface area contributed by atoms with Crippen LogP contribution in [0.15, 0.2) is 70.3 Å². The lowest BCUT2D eigenvalue weighted by atomic mass is 10.1. The summed E-state index contributed by atoms with van der Waals surface area (Å²) in [6.07, 6.45) is 1.97. The van der Waals surface area contributed by atoms with Crippen LogP contribution in [0.1, 0.15) is 28.8 Å². The van der Waals surface area contributed by atoms with Crippen molar-refractivity contribution in [3.63, 3.8) is 0 Å². The van der Waals surface area contributed by atoms with Crippen molar-refractivity contribution in [2.24, 2.45) is 0 Å². The van der Waals surface area contributed by atoms with Crippen molar-refractivity contribution in [1.82, 2.24) is 4.90 Å². The van der Waals surface area contributed by atoms with E-state index in [2.05, 4.69) is 4.72 Å². The Hall–Kier alpha value is -2.88. The number of sulfonamides is 1. The number of benzene rings is 2. The van der Waals surface area contributed by atoms with Crippen LogP contribution in [0, 0.1) is 0 Å². The fourth-order valence-electron chi connectivity index (χ4n) is 3.86. The van der Waals surface area contributed by atoms with Crippen molar-refractivity contribution in [3.8, 4) is 0 Å². The van der Waals surface area contributed by atoms with Crippen molar-refractivity contribution in [3.05, 3.63) is 77.2 Å². The maximum Gasteiger partial charge on any atom is 0.271 e. The second-order valence-electron chi connectivity index (χ2n) is 8.50. The highest BCUT2D eigenvalue weighted by atomic mass is 32.2. The molecule has 0 saturated carbocycles. The average molecular weight is 500 g/mol. The Kier molecular flexibility index (Phi) is 7.55. The van der Waals surface area contributed by atoms with E-state index in [-0.39, 0.29) is 16.2 Å². The molecule has 0 aliphatic carbocycles. The second-order valence-corrected chi connectivity index (χ2v) is 11.4. The highest BCUT2D eigenvalue weighted by Crippen LogP contribution is 2.22. The van der Waals surface area contributed by atoms with Gasteiger partial charge in [0.05, 0.1) is 6.10 Å². The van der Waals surface area contributed by atoms with Gasteiger partial charge in [-0.15, -0.1) is 11.3 Å². The summed E-state index contributed by atoms with van der Waals surface area (Å²) in [6, 6.07) is 18.0. The van der Waals surface area contributed by atoms with Gasteiger partial charge in [0.15, 0.2) is 0 Å². The fourth-order valence-corrected chi connectivity index (χ4v) is 5.91. The first-order valence-electron chi connectivity index (χ1n) is 11.2. The summed E-state index contributed by atoms with van der Waals surface area (Å²) in [4.78, 5) is 17.3. The van der Waals surface area contributed by atoms with E-state index in [4.69, 9.17) is 4.74 Å². The van der Waals surface area contributed by atoms with Gasteiger partial charge in [0, 0.05) is 50.7 Å². The lowest BCUT2D eigenvalue weighted by molar-refractivity contribution is 0.0507. The smallest absolute Gasteiger partial charge is 0.271 e. The van der Waals surface area contributed by atoms with Crippen LogP contribution in [-0.4, -0.2) is 52.6 Å². The first-order valence-corrected chi connectivity index (χ1v) is 13.5. The number of nitrogens with zero attached hydrogens (tertiary/aromatic N) is 2. The molecule has 0 bridgehead atoms. The Bertz CT molecular complexity index is 1190. The first kappa shape index (κ1) is 24.3. The lowest BCUT2D eigenvalue weighted by Gasteiger charge is -2.26. The van der Waals surface area contributed by atoms with E-state index in [0.717, 1.165) is 42.0 Å². The number of amides is 1. The summed E-state index contributed by atoms with van der Waals surface area (Å²) in [5.41, 5.74) is 3.05. The minimum Gasteiger partial charge on any atom is -0.378 e. The van der Waals surface area contributed by atoms with Crippen LogP contribution in [0.2, 0.25) is 0 Å². The molecule has 4 rings (SSSR count). The molecular formula is C25H29N3O4S2. The summed E-state index contributed by atoms with van der Waals surface area (Å²) >= 11 is 1.15. The number of ether oxygens (including phenoxy) is 1. The predicted octanol–water partition coefficient (Wildman–Crippen LogP) is 4.44. The number of carbonyl (C=O) groups is 1. The van der Waals surface area contributed by atoms with Crippen LogP contribution in [0.4, 0.5) is 11.4 Å². The molecule has 1 saturated heterocycles. The average Bonchev–Trinajstić information content (AvgIpc) is 3.54. The fraction of sp³-hybridized carbons (Fsp3) is 0.320. The van der Waals surface area contributed by atoms with Gasteiger partial charge in [-0.3, -0.25) is 9.52 Å². The van der Waals surface area contributed by atoms with Gasteiger partial charge in [-0.2, -0.15) is 0 Å². The quantitative estimate of drug-likeness (QED) is 0.471. The normalized spacial score (nSPS) is 15.8. The van der Waals surface area contributed by atoms with Gasteiger partial charge in [0.25, 0.3) is 15.9 Å². The number of hydrogen-bond donors (Lipinski definition) is 1. The molecule has 1 unspecified atom stereocenters.